The van der Waals surface area contributed by atoms with Crippen LogP contribution in [0.25, 0.3) is 11.0 Å². The van der Waals surface area contributed by atoms with Crippen LogP contribution in [0.5, 0.6) is 0 Å². The lowest BCUT2D eigenvalue weighted by Gasteiger charge is -2.14. The minimum absolute atomic E-state index is 0.0594. The number of benzene rings is 1. The lowest BCUT2D eigenvalue weighted by atomic mass is 10.0. The van der Waals surface area contributed by atoms with E-state index in [4.69, 9.17) is 16.0 Å². The Bertz CT molecular complexity index is 772. The molecule has 0 saturated carbocycles. The van der Waals surface area contributed by atoms with Crippen LogP contribution in [0.1, 0.15) is 17.4 Å². The highest BCUT2D eigenvalue weighted by atomic mass is 79.9. The monoisotopic (exact) mass is 364 g/mol. The van der Waals surface area contributed by atoms with Gasteiger partial charge in [-0.05, 0) is 53.2 Å². The van der Waals surface area contributed by atoms with Crippen LogP contribution < -0.4 is 5.32 Å². The molecule has 0 aliphatic rings. The third kappa shape index (κ3) is 2.98. The van der Waals surface area contributed by atoms with Gasteiger partial charge in [0.15, 0.2) is 0 Å². The van der Waals surface area contributed by atoms with Gasteiger partial charge in [0.05, 0.1) is 15.5 Å². The van der Waals surface area contributed by atoms with Crippen molar-refractivity contribution >= 4 is 38.5 Å². The average Bonchev–Trinajstić information content (AvgIpc) is 2.92. The Hall–Kier alpha value is -1.36. The molecule has 3 nitrogen and oxygen atoms in total. The van der Waals surface area contributed by atoms with Gasteiger partial charge in [-0.25, -0.2) is 0 Å². The average molecular weight is 366 g/mol. The molecule has 1 unspecified atom stereocenters. The van der Waals surface area contributed by atoms with E-state index in [1.165, 1.54) is 0 Å². The molecule has 21 heavy (non-hydrogen) atoms. The summed E-state index contributed by atoms with van der Waals surface area (Å²) in [6.07, 6.45) is 4.16. The molecule has 0 aliphatic carbocycles. The molecule has 3 rings (SSSR count). The molecule has 2 aromatic heterocycles. The first kappa shape index (κ1) is 14.6. The van der Waals surface area contributed by atoms with E-state index in [9.17, 15) is 0 Å². The number of para-hydroxylation sites is 1. The van der Waals surface area contributed by atoms with Crippen LogP contribution in [0.3, 0.4) is 0 Å². The maximum atomic E-state index is 6.19. The number of pyridine rings is 1. The van der Waals surface area contributed by atoms with E-state index in [1.54, 1.807) is 12.4 Å². The molecule has 0 amide bonds. The summed E-state index contributed by atoms with van der Waals surface area (Å²) >= 11 is 9.70. The first-order valence-electron chi connectivity index (χ1n) is 6.62. The van der Waals surface area contributed by atoms with Gasteiger partial charge in [-0.1, -0.05) is 23.7 Å². The van der Waals surface area contributed by atoms with E-state index in [0.29, 0.717) is 5.02 Å². The smallest absolute Gasteiger partial charge is 0.148 e. The van der Waals surface area contributed by atoms with Crippen LogP contribution in [-0.2, 0) is 6.42 Å². The minimum atomic E-state index is 0.0594. The first-order chi connectivity index (χ1) is 10.2. The third-order valence-electron chi connectivity index (χ3n) is 3.49. The molecular weight excluding hydrogens is 352 g/mol. The number of hydrogen-bond donors (Lipinski definition) is 1. The summed E-state index contributed by atoms with van der Waals surface area (Å²) in [5.41, 5.74) is 1.92. The normalized spacial score (nSPS) is 12.7. The van der Waals surface area contributed by atoms with E-state index < -0.39 is 0 Å². The predicted octanol–water partition coefficient (Wildman–Crippen LogP) is 4.75. The number of fused-ring (bicyclic) bond motifs is 1. The van der Waals surface area contributed by atoms with Gasteiger partial charge < -0.3 is 9.73 Å². The summed E-state index contributed by atoms with van der Waals surface area (Å²) in [5.74, 6) is 0.896. The molecular formula is C16H14BrClN2O. The Labute approximate surface area is 136 Å². The van der Waals surface area contributed by atoms with E-state index in [1.807, 2.05) is 31.3 Å². The van der Waals surface area contributed by atoms with Crippen LogP contribution >= 0.6 is 27.5 Å². The van der Waals surface area contributed by atoms with E-state index in [2.05, 4.69) is 32.3 Å². The van der Waals surface area contributed by atoms with Gasteiger partial charge in [-0.2, -0.15) is 0 Å². The highest BCUT2D eigenvalue weighted by Crippen LogP contribution is 2.31. The highest BCUT2D eigenvalue weighted by Gasteiger charge is 2.17. The third-order valence-corrected chi connectivity index (χ3v) is 4.45. The molecule has 5 heteroatoms. The van der Waals surface area contributed by atoms with Crippen LogP contribution in [0, 0.1) is 0 Å². The molecule has 3 aromatic rings. The summed E-state index contributed by atoms with van der Waals surface area (Å²) in [6, 6.07) is 10.1. The van der Waals surface area contributed by atoms with Crippen LogP contribution in [0.2, 0.25) is 5.02 Å². The van der Waals surface area contributed by atoms with E-state index in [0.717, 1.165) is 33.2 Å². The van der Waals surface area contributed by atoms with Crippen molar-refractivity contribution in [3.63, 3.8) is 0 Å². The molecule has 108 valence electrons. The SMILES string of the molecule is CNC(Cc1ccncc1Cl)c1cc2cccc(Br)c2o1. The first-order valence-corrected chi connectivity index (χ1v) is 7.79. The topological polar surface area (TPSA) is 38.1 Å². The van der Waals surface area contributed by atoms with Crippen LogP contribution in [0.4, 0.5) is 0 Å². The van der Waals surface area contributed by atoms with Crippen LogP contribution in [-0.4, -0.2) is 12.0 Å². The van der Waals surface area contributed by atoms with Gasteiger partial charge in [0.25, 0.3) is 0 Å². The second-order valence-corrected chi connectivity index (χ2v) is 6.08. The van der Waals surface area contributed by atoms with Crippen molar-refractivity contribution in [3.8, 4) is 0 Å². The summed E-state index contributed by atoms with van der Waals surface area (Å²) < 4.78 is 6.96. The predicted molar refractivity (Wildman–Crippen MR) is 88.7 cm³/mol. The van der Waals surface area contributed by atoms with E-state index >= 15 is 0 Å². The second kappa shape index (κ2) is 6.18. The zero-order valence-electron chi connectivity index (χ0n) is 11.4. The van der Waals surface area contributed by atoms with Crippen molar-refractivity contribution in [1.82, 2.24) is 10.3 Å². The molecule has 0 aliphatic heterocycles. The molecule has 0 radical (unpaired) electrons. The fourth-order valence-corrected chi connectivity index (χ4v) is 3.01. The van der Waals surface area contributed by atoms with Crippen molar-refractivity contribution < 1.29 is 4.42 Å². The number of rotatable bonds is 4. The fraction of sp³-hybridized carbons (Fsp3) is 0.188. The highest BCUT2D eigenvalue weighted by molar-refractivity contribution is 9.10. The van der Waals surface area contributed by atoms with Crippen molar-refractivity contribution in [2.45, 2.75) is 12.5 Å². The van der Waals surface area contributed by atoms with Crippen LogP contribution in [0.15, 0.2) is 51.6 Å². The Morgan fingerprint density at radius 3 is 2.95 bits per heavy atom. The molecule has 1 N–H and O–H groups in total. The van der Waals surface area contributed by atoms with Gasteiger partial charge >= 0.3 is 0 Å². The molecule has 0 spiro atoms. The minimum Gasteiger partial charge on any atom is -0.458 e. The number of aromatic nitrogens is 1. The van der Waals surface area contributed by atoms with Crippen molar-refractivity contribution in [2.75, 3.05) is 7.05 Å². The number of furan rings is 1. The number of nitrogens with one attached hydrogen (secondary N) is 1. The summed E-state index contributed by atoms with van der Waals surface area (Å²) in [7, 11) is 1.92. The molecule has 0 fully saturated rings. The van der Waals surface area contributed by atoms with Gasteiger partial charge in [0, 0.05) is 17.8 Å². The van der Waals surface area contributed by atoms with E-state index in [-0.39, 0.29) is 6.04 Å². The quantitative estimate of drug-likeness (QED) is 0.725. The van der Waals surface area contributed by atoms with Gasteiger partial charge in [-0.15, -0.1) is 0 Å². The Balaban J connectivity index is 1.95. The summed E-state index contributed by atoms with van der Waals surface area (Å²) in [5, 5.41) is 5.05. The molecule has 1 aromatic carbocycles. The molecule has 0 saturated heterocycles. The maximum Gasteiger partial charge on any atom is 0.148 e. The Morgan fingerprint density at radius 1 is 1.38 bits per heavy atom. The molecule has 0 bridgehead atoms. The number of nitrogens with zero attached hydrogens (tertiary/aromatic N) is 1. The fourth-order valence-electron chi connectivity index (χ4n) is 2.35. The van der Waals surface area contributed by atoms with Gasteiger partial charge in [0.2, 0.25) is 0 Å². The number of likely N-dealkylation sites (N-methyl/N-ethyl adjacent to an activating group) is 1. The van der Waals surface area contributed by atoms with Gasteiger partial charge in [-0.3, -0.25) is 4.98 Å². The largest absolute Gasteiger partial charge is 0.458 e. The Morgan fingerprint density at radius 2 is 2.24 bits per heavy atom. The van der Waals surface area contributed by atoms with Crippen molar-refractivity contribution in [3.05, 3.63) is 63.5 Å². The molecule has 1 atom stereocenters. The second-order valence-electron chi connectivity index (χ2n) is 4.82. The van der Waals surface area contributed by atoms with Gasteiger partial charge in [0.1, 0.15) is 11.3 Å². The number of halogens is 2. The lowest BCUT2D eigenvalue weighted by molar-refractivity contribution is 0.450. The number of hydrogen-bond acceptors (Lipinski definition) is 3. The zero-order chi connectivity index (χ0) is 14.8. The summed E-state index contributed by atoms with van der Waals surface area (Å²) in [6.45, 7) is 0. The lowest BCUT2D eigenvalue weighted by Crippen LogP contribution is -2.18. The van der Waals surface area contributed by atoms with Crippen molar-refractivity contribution in [1.29, 1.82) is 0 Å². The maximum absolute atomic E-state index is 6.19. The standard InChI is InChI=1S/C16H14BrClN2O/c1-19-14(7-10-5-6-20-9-13(10)18)15-8-11-3-2-4-12(17)16(11)21-15/h2-6,8-9,14,19H,7H2,1H3. The Kier molecular flexibility index (Phi) is 4.29. The molecule has 2 heterocycles. The zero-order valence-corrected chi connectivity index (χ0v) is 13.8. The summed E-state index contributed by atoms with van der Waals surface area (Å²) in [4.78, 5) is 4.02. The van der Waals surface area contributed by atoms with Crippen molar-refractivity contribution in [2.24, 2.45) is 0 Å².